The molecule has 5 nitrogen and oxygen atoms in total. The Kier molecular flexibility index (Phi) is 3.41. The number of hydrogen-bond donors (Lipinski definition) is 1. The van der Waals surface area contributed by atoms with Crippen molar-refractivity contribution in [1.29, 1.82) is 5.26 Å². The Morgan fingerprint density at radius 2 is 2.07 bits per heavy atom. The van der Waals surface area contributed by atoms with Gasteiger partial charge >= 0.3 is 11.9 Å². The number of aliphatic carboxylic acids is 1. The van der Waals surface area contributed by atoms with E-state index in [1.165, 1.54) is 12.1 Å². The second-order valence-corrected chi connectivity index (χ2v) is 2.65. The highest BCUT2D eigenvalue weighted by atomic mass is 16.5. The van der Waals surface area contributed by atoms with Crippen molar-refractivity contribution in [2.24, 2.45) is 0 Å². The molecule has 1 rings (SSSR count). The van der Waals surface area contributed by atoms with Crippen molar-refractivity contribution >= 4 is 11.9 Å². The molecule has 5 heteroatoms. The van der Waals surface area contributed by atoms with Gasteiger partial charge < -0.3 is 9.84 Å². The minimum absolute atomic E-state index is 0.0752. The number of carbonyl (C=O) groups excluding carboxylic acids is 1. The lowest BCUT2D eigenvalue weighted by Gasteiger charge is -2.03. The summed E-state index contributed by atoms with van der Waals surface area (Å²) in [5.41, 5.74) is 0.191. The van der Waals surface area contributed by atoms with E-state index in [1.807, 2.05) is 6.07 Å². The van der Waals surface area contributed by atoms with Crippen LogP contribution in [0.2, 0.25) is 0 Å². The topological polar surface area (TPSA) is 87.4 Å². The zero-order valence-electron chi connectivity index (χ0n) is 7.64. The Bertz CT molecular complexity index is 433. The molecule has 0 bridgehead atoms. The Morgan fingerprint density at radius 1 is 1.40 bits per heavy atom. The van der Waals surface area contributed by atoms with Gasteiger partial charge in [0.05, 0.1) is 5.56 Å². The summed E-state index contributed by atoms with van der Waals surface area (Å²) in [5.74, 6) is -2.09. The van der Waals surface area contributed by atoms with Gasteiger partial charge in [0.2, 0.25) is 0 Å². The van der Waals surface area contributed by atoms with Crippen molar-refractivity contribution in [3.05, 3.63) is 29.8 Å². The van der Waals surface area contributed by atoms with Crippen molar-refractivity contribution in [2.45, 2.75) is 6.42 Å². The summed E-state index contributed by atoms with van der Waals surface area (Å²) >= 11 is 0. The molecule has 1 N–H and O–H groups in total. The van der Waals surface area contributed by atoms with Gasteiger partial charge in [-0.1, -0.05) is 12.1 Å². The fourth-order valence-electron chi connectivity index (χ4n) is 0.930. The molecule has 0 amide bonds. The van der Waals surface area contributed by atoms with E-state index in [4.69, 9.17) is 15.1 Å². The first-order valence-electron chi connectivity index (χ1n) is 4.05. The van der Waals surface area contributed by atoms with Gasteiger partial charge in [-0.2, -0.15) is 5.26 Å². The molecule has 0 heterocycles. The number of carboxylic acids is 1. The van der Waals surface area contributed by atoms with Crippen molar-refractivity contribution in [3.8, 4) is 11.8 Å². The minimum Gasteiger partial charge on any atom is -0.481 e. The third-order valence-corrected chi connectivity index (χ3v) is 1.53. The quantitative estimate of drug-likeness (QED) is 0.450. The molecule has 0 spiro atoms. The molecule has 15 heavy (non-hydrogen) atoms. The van der Waals surface area contributed by atoms with Gasteiger partial charge in [-0.15, -0.1) is 0 Å². The minimum atomic E-state index is -1.27. The van der Waals surface area contributed by atoms with Crippen LogP contribution in [0.4, 0.5) is 0 Å². The molecule has 0 aromatic heterocycles. The number of rotatable bonds is 3. The molecule has 0 saturated carbocycles. The van der Waals surface area contributed by atoms with Gasteiger partial charge in [0.25, 0.3) is 0 Å². The van der Waals surface area contributed by atoms with Gasteiger partial charge in [0.1, 0.15) is 18.2 Å². The van der Waals surface area contributed by atoms with E-state index in [2.05, 4.69) is 0 Å². The molecule has 0 radical (unpaired) electrons. The van der Waals surface area contributed by atoms with Crippen molar-refractivity contribution < 1.29 is 19.4 Å². The average molecular weight is 205 g/mol. The van der Waals surface area contributed by atoms with Crippen LogP contribution >= 0.6 is 0 Å². The Labute approximate surface area is 85.5 Å². The normalized spacial score (nSPS) is 9.00. The summed E-state index contributed by atoms with van der Waals surface area (Å²) in [4.78, 5) is 21.2. The Balaban J connectivity index is 2.77. The third-order valence-electron chi connectivity index (χ3n) is 1.53. The number of carbonyl (C=O) groups is 2. The van der Waals surface area contributed by atoms with Gasteiger partial charge in [-0.05, 0) is 12.1 Å². The molecular formula is C10H7NO4. The second-order valence-electron chi connectivity index (χ2n) is 2.65. The molecule has 1 aromatic carbocycles. The lowest BCUT2D eigenvalue weighted by molar-refractivity contribution is -0.145. The van der Waals surface area contributed by atoms with Gasteiger partial charge in [-0.25, -0.2) is 0 Å². The summed E-state index contributed by atoms with van der Waals surface area (Å²) in [6, 6.07) is 7.94. The number of nitriles is 1. The van der Waals surface area contributed by atoms with Crippen molar-refractivity contribution in [1.82, 2.24) is 0 Å². The van der Waals surface area contributed by atoms with Crippen LogP contribution in [0.15, 0.2) is 24.3 Å². The number of benzene rings is 1. The predicted molar refractivity (Wildman–Crippen MR) is 49.0 cm³/mol. The van der Waals surface area contributed by atoms with E-state index < -0.39 is 18.4 Å². The van der Waals surface area contributed by atoms with Gasteiger partial charge in [-0.3, -0.25) is 9.59 Å². The highest BCUT2D eigenvalue weighted by molar-refractivity contribution is 5.91. The van der Waals surface area contributed by atoms with Crippen LogP contribution in [0, 0.1) is 11.3 Å². The van der Waals surface area contributed by atoms with E-state index in [0.29, 0.717) is 0 Å². The predicted octanol–water partition coefficient (Wildman–Crippen LogP) is 0.938. The standard InChI is InChI=1S/C10H7NO4/c11-6-7-3-1-2-4-8(7)15-10(14)5-9(12)13/h1-4H,5H2,(H,12,13). The van der Waals surface area contributed by atoms with Crippen LogP contribution in [-0.2, 0) is 9.59 Å². The van der Waals surface area contributed by atoms with Gasteiger partial charge in [0, 0.05) is 0 Å². The number of ether oxygens (including phenoxy) is 1. The smallest absolute Gasteiger partial charge is 0.322 e. The fourth-order valence-corrected chi connectivity index (χ4v) is 0.930. The number of hydrogen-bond acceptors (Lipinski definition) is 4. The van der Waals surface area contributed by atoms with E-state index >= 15 is 0 Å². The van der Waals surface area contributed by atoms with Crippen LogP contribution in [0.1, 0.15) is 12.0 Å². The fraction of sp³-hybridized carbons (Fsp3) is 0.100. The first kappa shape index (κ1) is 10.7. The summed E-state index contributed by atoms with van der Waals surface area (Å²) in [7, 11) is 0. The van der Waals surface area contributed by atoms with Crippen molar-refractivity contribution in [2.75, 3.05) is 0 Å². The molecule has 0 aliphatic carbocycles. The third kappa shape index (κ3) is 3.12. The summed E-state index contributed by atoms with van der Waals surface area (Å²) in [5, 5.41) is 17.0. The molecule has 0 unspecified atom stereocenters. The highest BCUT2D eigenvalue weighted by Crippen LogP contribution is 2.16. The SMILES string of the molecule is N#Cc1ccccc1OC(=O)CC(=O)O. The maximum Gasteiger partial charge on any atom is 0.322 e. The maximum atomic E-state index is 11.0. The highest BCUT2D eigenvalue weighted by Gasteiger charge is 2.12. The first-order chi connectivity index (χ1) is 7.13. The summed E-state index contributed by atoms with van der Waals surface area (Å²) in [6.45, 7) is 0. The second kappa shape index (κ2) is 4.77. The van der Waals surface area contributed by atoms with Crippen molar-refractivity contribution in [3.63, 3.8) is 0 Å². The summed E-state index contributed by atoms with van der Waals surface area (Å²) in [6.07, 6.45) is -0.722. The van der Waals surface area contributed by atoms with E-state index in [0.717, 1.165) is 0 Å². The number of carboxylic acid groups (broad SMARTS) is 1. The zero-order valence-corrected chi connectivity index (χ0v) is 7.64. The monoisotopic (exact) mass is 205 g/mol. The van der Waals surface area contributed by atoms with E-state index in [9.17, 15) is 9.59 Å². The van der Waals surface area contributed by atoms with Crippen LogP contribution in [0.3, 0.4) is 0 Å². The van der Waals surface area contributed by atoms with Crippen LogP contribution in [0.5, 0.6) is 5.75 Å². The molecule has 1 aromatic rings. The van der Waals surface area contributed by atoms with Crippen LogP contribution < -0.4 is 4.74 Å². The average Bonchev–Trinajstić information content (AvgIpc) is 2.17. The Hall–Kier alpha value is -2.35. The Morgan fingerprint density at radius 3 is 2.67 bits per heavy atom. The van der Waals surface area contributed by atoms with E-state index in [1.54, 1.807) is 12.1 Å². The molecule has 76 valence electrons. The molecule has 0 fully saturated rings. The molecule has 0 aliphatic rings. The molecule has 0 aliphatic heterocycles. The molecule has 0 atom stereocenters. The van der Waals surface area contributed by atoms with Crippen LogP contribution in [0.25, 0.3) is 0 Å². The molecular weight excluding hydrogens is 198 g/mol. The first-order valence-corrected chi connectivity index (χ1v) is 4.05. The molecule has 0 saturated heterocycles. The lowest BCUT2D eigenvalue weighted by atomic mass is 10.2. The lowest BCUT2D eigenvalue weighted by Crippen LogP contribution is -2.13. The number of nitrogens with zero attached hydrogens (tertiary/aromatic N) is 1. The number of esters is 1. The maximum absolute atomic E-state index is 11.0. The summed E-state index contributed by atoms with van der Waals surface area (Å²) < 4.78 is 4.70. The van der Waals surface area contributed by atoms with E-state index in [-0.39, 0.29) is 11.3 Å². The number of para-hydroxylation sites is 1. The van der Waals surface area contributed by atoms with Gasteiger partial charge in [0.15, 0.2) is 0 Å². The van der Waals surface area contributed by atoms with Crippen LogP contribution in [-0.4, -0.2) is 17.0 Å². The zero-order chi connectivity index (χ0) is 11.3. The largest absolute Gasteiger partial charge is 0.481 e.